The largest absolute Gasteiger partial charge is 0.395 e. The van der Waals surface area contributed by atoms with Crippen molar-refractivity contribution >= 4 is 35.8 Å². The van der Waals surface area contributed by atoms with Gasteiger partial charge in [-0.3, -0.25) is 9.99 Å². The third-order valence-electron chi connectivity index (χ3n) is 4.71. The van der Waals surface area contributed by atoms with Crippen molar-refractivity contribution in [1.82, 2.24) is 9.99 Å². The molecule has 0 aliphatic carbocycles. The highest BCUT2D eigenvalue weighted by molar-refractivity contribution is 14.2. The number of hydrogen-bond donors (Lipinski definition) is 3. The quantitative estimate of drug-likeness (QED) is 0.240. The van der Waals surface area contributed by atoms with Crippen molar-refractivity contribution in [3.8, 4) is 0 Å². The number of ether oxygens (including phenoxy) is 1. The Morgan fingerprint density at radius 3 is 2.88 bits per heavy atom. The van der Waals surface area contributed by atoms with E-state index in [1.165, 1.54) is 20.4 Å². The van der Waals surface area contributed by atoms with Gasteiger partial charge in [-0.25, -0.2) is 5.84 Å². The van der Waals surface area contributed by atoms with Gasteiger partial charge in [0.2, 0.25) is 0 Å². The van der Waals surface area contributed by atoms with E-state index in [9.17, 15) is 5.11 Å². The fourth-order valence-electron chi connectivity index (χ4n) is 3.12. The van der Waals surface area contributed by atoms with E-state index in [4.69, 9.17) is 16.3 Å². The summed E-state index contributed by atoms with van der Waals surface area (Å²) in [6, 6.07) is 3.92. The van der Waals surface area contributed by atoms with Gasteiger partial charge in [-0.2, -0.15) is 0 Å². The molecule has 2 atom stereocenters. The first-order chi connectivity index (χ1) is 12.0. The highest BCUT2D eigenvalue weighted by Gasteiger charge is 2.24. The summed E-state index contributed by atoms with van der Waals surface area (Å²) in [5.41, 5.74) is 9.75. The normalized spacial score (nSPS) is 21.8. The Morgan fingerprint density at radius 1 is 1.52 bits per heavy atom. The fraction of sp³-hybridized carbons (Fsp3) is 0.588. The van der Waals surface area contributed by atoms with Crippen LogP contribution >= 0.6 is 30.1 Å². The number of hydrazine groups is 1. The van der Waals surface area contributed by atoms with E-state index >= 15 is 0 Å². The highest BCUT2D eigenvalue weighted by Crippen LogP contribution is 2.34. The molecule has 1 aliphatic heterocycles. The minimum Gasteiger partial charge on any atom is -0.395 e. The van der Waals surface area contributed by atoms with Crippen LogP contribution in [0.3, 0.4) is 0 Å². The van der Waals surface area contributed by atoms with Crippen LogP contribution in [0.4, 0.5) is 0 Å². The summed E-state index contributed by atoms with van der Waals surface area (Å²) in [6.07, 6.45) is 3.45. The van der Waals surface area contributed by atoms with E-state index in [0.717, 1.165) is 30.7 Å². The summed E-state index contributed by atoms with van der Waals surface area (Å²) in [5.74, 6) is 7.19. The van der Waals surface area contributed by atoms with Crippen LogP contribution in [0.1, 0.15) is 49.2 Å². The molecule has 2 rings (SSSR count). The molecule has 6 nitrogen and oxygen atoms in total. The molecule has 2 heterocycles. The van der Waals surface area contributed by atoms with E-state index in [0.29, 0.717) is 28.9 Å². The van der Waals surface area contributed by atoms with Gasteiger partial charge in [-0.05, 0) is 53.0 Å². The predicted molar refractivity (Wildman–Crippen MR) is 111 cm³/mol. The Bertz CT molecular complexity index is 614. The molecule has 0 aromatic carbocycles. The number of pyridine rings is 1. The van der Waals surface area contributed by atoms with Crippen LogP contribution in [0.15, 0.2) is 17.8 Å². The summed E-state index contributed by atoms with van der Waals surface area (Å²) >= 11 is 2.15. The average molecular weight is 478 g/mol. The fourth-order valence-corrected chi connectivity index (χ4v) is 4.29. The maximum absolute atomic E-state index is 9.62. The summed E-state index contributed by atoms with van der Waals surface area (Å²) in [4.78, 5) is 4.65. The van der Waals surface area contributed by atoms with Crippen LogP contribution in [0.25, 0.3) is 5.70 Å². The lowest BCUT2D eigenvalue weighted by molar-refractivity contribution is -0.0116. The van der Waals surface area contributed by atoms with E-state index in [1.54, 1.807) is 0 Å². The molecule has 25 heavy (non-hydrogen) atoms. The second kappa shape index (κ2) is 9.96. The molecule has 140 valence electrons. The maximum atomic E-state index is 9.62. The number of aliphatic hydroxyl groups is 1. The minimum atomic E-state index is -0.230. The lowest BCUT2D eigenvalue weighted by atomic mass is 9.89. The Hall–Kier alpha value is -0.550. The summed E-state index contributed by atoms with van der Waals surface area (Å²) in [7, 11) is 1.53. The molecule has 0 spiro atoms. The van der Waals surface area contributed by atoms with Crippen molar-refractivity contribution in [3.05, 3.63) is 34.8 Å². The first-order valence-corrected chi connectivity index (χ1v) is 12.0. The lowest BCUT2D eigenvalue weighted by Gasteiger charge is -2.30. The van der Waals surface area contributed by atoms with Gasteiger partial charge in [0.1, 0.15) is 0 Å². The van der Waals surface area contributed by atoms with E-state index in [-0.39, 0.29) is 12.7 Å². The predicted octanol–water partition coefficient (Wildman–Crippen LogP) is 3.10. The van der Waals surface area contributed by atoms with Gasteiger partial charge in [-0.1, -0.05) is 28.3 Å². The van der Waals surface area contributed by atoms with E-state index in [1.807, 2.05) is 19.1 Å². The second-order valence-corrected chi connectivity index (χ2v) is 8.60. The number of rotatable bonds is 7. The highest BCUT2D eigenvalue weighted by atomic mass is 127. The zero-order chi connectivity index (χ0) is 18.4. The molecule has 1 aromatic rings. The molecular formula is C17H27IN4O2S. The van der Waals surface area contributed by atoms with Crippen LogP contribution in [-0.4, -0.2) is 34.2 Å². The van der Waals surface area contributed by atoms with Crippen LogP contribution in [0.5, 0.6) is 0 Å². The van der Waals surface area contributed by atoms with E-state index < -0.39 is 0 Å². The summed E-state index contributed by atoms with van der Waals surface area (Å²) in [5, 5.41) is 11.1. The van der Waals surface area contributed by atoms with Crippen LogP contribution in [0.2, 0.25) is 0 Å². The molecule has 1 fully saturated rings. The molecule has 5 N–H and O–H groups in total. The van der Waals surface area contributed by atoms with Crippen LogP contribution in [0, 0.1) is 12.8 Å². The van der Waals surface area contributed by atoms with E-state index in [2.05, 4.69) is 33.1 Å². The Kier molecular flexibility index (Phi) is 8.27. The second-order valence-electron chi connectivity index (χ2n) is 6.26. The van der Waals surface area contributed by atoms with Crippen molar-refractivity contribution in [2.24, 2.45) is 17.5 Å². The number of aliphatic hydroxyl groups excluding tert-OH is 1. The molecule has 2 unspecified atom stereocenters. The molecule has 1 saturated heterocycles. The summed E-state index contributed by atoms with van der Waals surface area (Å²) in [6.45, 7) is 4.78. The van der Waals surface area contributed by atoms with Gasteiger partial charge in [-0.15, -0.1) is 0 Å². The number of aryl methyl sites for hydroxylation is 1. The van der Waals surface area contributed by atoms with Crippen molar-refractivity contribution in [2.45, 2.75) is 39.2 Å². The zero-order valence-corrected chi connectivity index (χ0v) is 17.7. The number of halogens is 1. The van der Waals surface area contributed by atoms with Gasteiger partial charge in [0.25, 0.3) is 0 Å². The standard InChI is InChI=1S/C17H27IN4O2S/c1-3-12-6-7-24-16(8-12)13-4-5-14(21-11(13)2)17(19)15(9-23)22(20)10-25-18/h4-5,12,16,23H,3,6-10,19-20H2,1-2H3/b17-15-. The Balaban J connectivity index is 2.26. The smallest absolute Gasteiger partial charge is 0.0894 e. The van der Waals surface area contributed by atoms with Crippen LogP contribution in [-0.2, 0) is 4.74 Å². The number of aromatic nitrogens is 1. The van der Waals surface area contributed by atoms with Gasteiger partial charge in [0, 0.05) is 17.9 Å². The topological polar surface area (TPSA) is 97.6 Å². The van der Waals surface area contributed by atoms with Gasteiger partial charge in [0.05, 0.1) is 35.7 Å². The molecule has 8 heteroatoms. The zero-order valence-electron chi connectivity index (χ0n) is 14.7. The van der Waals surface area contributed by atoms with Crippen molar-refractivity contribution in [3.63, 3.8) is 0 Å². The molecule has 0 radical (unpaired) electrons. The Labute approximate surface area is 165 Å². The molecule has 0 amide bonds. The van der Waals surface area contributed by atoms with Crippen molar-refractivity contribution in [1.29, 1.82) is 0 Å². The van der Waals surface area contributed by atoms with Gasteiger partial charge < -0.3 is 15.6 Å². The number of nitrogens with zero attached hydrogens (tertiary/aromatic N) is 2. The SMILES string of the molecule is CCC1CCOC(c2ccc(/C(N)=C(\CO)N(N)CSI)nc2C)C1. The summed E-state index contributed by atoms with van der Waals surface area (Å²) < 4.78 is 5.96. The lowest BCUT2D eigenvalue weighted by Crippen LogP contribution is -2.33. The molecule has 0 saturated carbocycles. The van der Waals surface area contributed by atoms with Gasteiger partial charge >= 0.3 is 0 Å². The first-order valence-electron chi connectivity index (χ1n) is 8.46. The van der Waals surface area contributed by atoms with Crippen molar-refractivity contribution < 1.29 is 9.84 Å². The first kappa shape index (κ1) is 20.8. The minimum absolute atomic E-state index is 0.101. The molecule has 0 bridgehead atoms. The molecule has 1 aromatic heterocycles. The Morgan fingerprint density at radius 2 is 2.28 bits per heavy atom. The van der Waals surface area contributed by atoms with Crippen LogP contribution < -0.4 is 11.6 Å². The third kappa shape index (κ3) is 5.22. The third-order valence-corrected chi connectivity index (χ3v) is 5.93. The van der Waals surface area contributed by atoms with Gasteiger partial charge in [0.15, 0.2) is 0 Å². The number of hydrogen-bond acceptors (Lipinski definition) is 7. The maximum Gasteiger partial charge on any atom is 0.0894 e. The van der Waals surface area contributed by atoms with Crippen molar-refractivity contribution in [2.75, 3.05) is 19.1 Å². The molecular weight excluding hydrogens is 451 g/mol. The molecule has 1 aliphatic rings. The average Bonchev–Trinajstić information content (AvgIpc) is 2.62. The number of nitrogens with two attached hydrogens (primary N) is 2. The monoisotopic (exact) mass is 478 g/mol.